The van der Waals surface area contributed by atoms with Crippen molar-refractivity contribution in [1.82, 2.24) is 10.2 Å². The predicted octanol–water partition coefficient (Wildman–Crippen LogP) is 1.80. The minimum Gasteiger partial charge on any atom is -0.444 e. The molecule has 2 saturated heterocycles. The largest absolute Gasteiger partial charge is 0.444 e. The van der Waals surface area contributed by atoms with Crippen LogP contribution in [-0.4, -0.2) is 71.5 Å². The van der Waals surface area contributed by atoms with E-state index in [9.17, 15) is 18.0 Å². The van der Waals surface area contributed by atoms with Crippen LogP contribution in [0.1, 0.15) is 46.5 Å². The molecule has 0 spiro atoms. The third-order valence-corrected chi connectivity index (χ3v) is 9.39. The summed E-state index contributed by atoms with van der Waals surface area (Å²) >= 11 is 1.41. The molecule has 29 heavy (non-hydrogen) atoms. The number of fused-ring (bicyclic) bond motifs is 3. The smallest absolute Gasteiger partial charge is 0.408 e. The molecule has 0 aromatic heterocycles. The molecule has 4 aliphatic rings. The number of hydrogen-bond acceptors (Lipinski definition) is 6. The van der Waals surface area contributed by atoms with Crippen molar-refractivity contribution in [1.29, 1.82) is 0 Å². The van der Waals surface area contributed by atoms with Gasteiger partial charge >= 0.3 is 6.09 Å². The van der Waals surface area contributed by atoms with E-state index in [1.54, 1.807) is 20.8 Å². The van der Waals surface area contributed by atoms with E-state index in [-0.39, 0.29) is 35.4 Å². The number of rotatable bonds is 3. The van der Waals surface area contributed by atoms with E-state index < -0.39 is 27.4 Å². The quantitative estimate of drug-likeness (QED) is 0.709. The summed E-state index contributed by atoms with van der Waals surface area (Å²) in [4.78, 5) is 30.6. The van der Waals surface area contributed by atoms with Gasteiger partial charge < -0.3 is 15.0 Å². The summed E-state index contributed by atoms with van der Waals surface area (Å²) in [7, 11) is -3.05. The second kappa shape index (κ2) is 7.44. The molecule has 2 bridgehead atoms. The Labute approximate surface area is 176 Å². The third-order valence-electron chi connectivity index (χ3n) is 6.17. The molecule has 0 unspecified atom stereocenters. The van der Waals surface area contributed by atoms with Crippen molar-refractivity contribution in [3.8, 4) is 0 Å². The average Bonchev–Trinajstić information content (AvgIpc) is 3.30. The zero-order chi connectivity index (χ0) is 21.0. The summed E-state index contributed by atoms with van der Waals surface area (Å²) in [6.07, 6.45) is 4.01. The summed E-state index contributed by atoms with van der Waals surface area (Å²) in [5.41, 5.74) is -0.637. The van der Waals surface area contributed by atoms with Gasteiger partial charge in [0.05, 0.1) is 17.5 Å². The van der Waals surface area contributed by atoms with Crippen molar-refractivity contribution >= 4 is 38.8 Å². The van der Waals surface area contributed by atoms with Crippen LogP contribution in [0.3, 0.4) is 0 Å². The van der Waals surface area contributed by atoms with Crippen molar-refractivity contribution in [2.75, 3.05) is 18.1 Å². The van der Waals surface area contributed by atoms with Crippen LogP contribution in [0.15, 0.2) is 4.99 Å². The van der Waals surface area contributed by atoms with Crippen molar-refractivity contribution in [2.24, 2.45) is 16.8 Å². The lowest BCUT2D eigenvalue weighted by Gasteiger charge is -2.36. The van der Waals surface area contributed by atoms with Gasteiger partial charge in [-0.2, -0.15) is 4.99 Å². The Hall–Kier alpha value is -1.29. The zero-order valence-electron chi connectivity index (χ0n) is 17.1. The number of amides is 2. The molecule has 0 aromatic rings. The van der Waals surface area contributed by atoms with Gasteiger partial charge in [-0.05, 0) is 51.9 Å². The van der Waals surface area contributed by atoms with E-state index >= 15 is 0 Å². The lowest BCUT2D eigenvalue weighted by atomic mass is 9.93. The van der Waals surface area contributed by atoms with Crippen molar-refractivity contribution in [3.63, 3.8) is 0 Å². The van der Waals surface area contributed by atoms with Gasteiger partial charge in [0, 0.05) is 11.3 Å². The van der Waals surface area contributed by atoms with E-state index in [0.717, 1.165) is 6.42 Å². The molecule has 4 rings (SSSR count). The molecule has 0 radical (unpaired) electrons. The second-order valence-electron chi connectivity index (χ2n) is 9.59. The average molecular weight is 444 g/mol. The minimum atomic E-state index is -3.05. The molecular formula is C19H29N3O5S2. The molecule has 162 valence electrons. The molecule has 2 aliphatic carbocycles. The molecule has 4 fully saturated rings. The van der Waals surface area contributed by atoms with E-state index in [4.69, 9.17) is 4.74 Å². The molecule has 5 atom stereocenters. The lowest BCUT2D eigenvalue weighted by molar-refractivity contribution is -0.117. The number of sulfone groups is 1. The summed E-state index contributed by atoms with van der Waals surface area (Å²) < 4.78 is 29.5. The van der Waals surface area contributed by atoms with Crippen LogP contribution in [0, 0.1) is 11.8 Å². The molecule has 0 aromatic carbocycles. The van der Waals surface area contributed by atoms with Gasteiger partial charge in [-0.15, -0.1) is 0 Å². The Balaban J connectivity index is 1.46. The van der Waals surface area contributed by atoms with Crippen molar-refractivity contribution in [3.05, 3.63) is 0 Å². The van der Waals surface area contributed by atoms with Gasteiger partial charge in [0.1, 0.15) is 12.1 Å². The fourth-order valence-corrected chi connectivity index (χ4v) is 9.13. The third kappa shape index (κ3) is 4.57. The Morgan fingerprint density at radius 2 is 1.97 bits per heavy atom. The van der Waals surface area contributed by atoms with Gasteiger partial charge in [-0.3, -0.25) is 4.79 Å². The summed E-state index contributed by atoms with van der Waals surface area (Å²) in [5, 5.41) is 3.01. The molecule has 10 heteroatoms. The number of ether oxygens (including phenoxy) is 1. The van der Waals surface area contributed by atoms with Crippen LogP contribution >= 0.6 is 11.8 Å². The first-order valence-electron chi connectivity index (χ1n) is 10.2. The number of amidine groups is 1. The maximum Gasteiger partial charge on any atom is 0.408 e. The Morgan fingerprint density at radius 1 is 1.21 bits per heavy atom. The predicted molar refractivity (Wildman–Crippen MR) is 112 cm³/mol. The highest BCUT2D eigenvalue weighted by Gasteiger charge is 2.54. The van der Waals surface area contributed by atoms with Gasteiger partial charge in [0.15, 0.2) is 15.0 Å². The Kier molecular flexibility index (Phi) is 5.38. The fourth-order valence-electron chi connectivity index (χ4n) is 5.14. The van der Waals surface area contributed by atoms with Crippen LogP contribution in [0.5, 0.6) is 0 Å². The van der Waals surface area contributed by atoms with Crippen molar-refractivity contribution < 1.29 is 22.7 Å². The van der Waals surface area contributed by atoms with Gasteiger partial charge in [-0.1, -0.05) is 18.2 Å². The van der Waals surface area contributed by atoms with E-state index in [1.165, 1.54) is 31.0 Å². The standard InChI is InChI=1S/C19H29N3O5S2/c1-19(2,3)27-18(24)20-8-16(23)21-17-22(13-7-11-4-5-12(13)6-11)14-9-29(25,26)10-15(14)28-17/h11-15H,4-10H2,1-3H3,(H,20,24)/t11-,12-,13-,14+,15+/m0/s1. The highest BCUT2D eigenvalue weighted by atomic mass is 32.2. The second-order valence-corrected chi connectivity index (χ2v) is 13.0. The fraction of sp³-hybridized carbons (Fsp3) is 0.842. The summed E-state index contributed by atoms with van der Waals surface area (Å²) in [6, 6.07) is 0.176. The van der Waals surface area contributed by atoms with Crippen LogP contribution in [-0.2, 0) is 19.4 Å². The number of carbonyl (C=O) groups excluding carboxylic acids is 2. The number of thioether (sulfide) groups is 1. The number of hydrogen-bond donors (Lipinski definition) is 1. The Morgan fingerprint density at radius 3 is 2.59 bits per heavy atom. The SMILES string of the molecule is CC(C)(C)OC(=O)NCC(=O)N=C1S[C@@H]2CS(=O)(=O)C[C@H]2N1[C@H]1C[C@H]2CC[C@H]1C2. The highest BCUT2D eigenvalue weighted by Crippen LogP contribution is 2.51. The topological polar surface area (TPSA) is 105 Å². The zero-order valence-corrected chi connectivity index (χ0v) is 18.7. The van der Waals surface area contributed by atoms with Gasteiger partial charge in [-0.25, -0.2) is 13.2 Å². The first kappa shape index (κ1) is 21.0. The first-order chi connectivity index (χ1) is 13.5. The van der Waals surface area contributed by atoms with E-state index in [1.807, 2.05) is 0 Å². The number of alkyl carbamates (subject to hydrolysis) is 1. The maximum absolute atomic E-state index is 12.4. The lowest BCUT2D eigenvalue weighted by Crippen LogP contribution is -2.47. The molecule has 8 nitrogen and oxygen atoms in total. The van der Waals surface area contributed by atoms with Crippen LogP contribution < -0.4 is 5.32 Å². The van der Waals surface area contributed by atoms with Crippen molar-refractivity contribution in [2.45, 2.75) is 69.4 Å². The van der Waals surface area contributed by atoms with Crippen LogP contribution in [0.4, 0.5) is 4.79 Å². The summed E-state index contributed by atoms with van der Waals surface area (Å²) in [5.74, 6) is 1.10. The molecular weight excluding hydrogens is 414 g/mol. The molecule has 2 aliphatic heterocycles. The maximum atomic E-state index is 12.4. The number of nitrogens with one attached hydrogen (secondary N) is 1. The van der Waals surface area contributed by atoms with Gasteiger partial charge in [0.2, 0.25) is 0 Å². The van der Waals surface area contributed by atoms with E-state index in [2.05, 4.69) is 15.2 Å². The normalized spacial score (nSPS) is 36.4. The monoisotopic (exact) mass is 443 g/mol. The molecule has 2 saturated carbocycles. The number of nitrogens with zero attached hydrogens (tertiary/aromatic N) is 2. The Bertz CT molecular complexity index is 835. The number of aliphatic imine (C=N–C) groups is 1. The highest BCUT2D eigenvalue weighted by molar-refractivity contribution is 8.15. The summed E-state index contributed by atoms with van der Waals surface area (Å²) in [6.45, 7) is 5.02. The van der Waals surface area contributed by atoms with E-state index in [0.29, 0.717) is 17.0 Å². The van der Waals surface area contributed by atoms with Crippen LogP contribution in [0.25, 0.3) is 0 Å². The first-order valence-corrected chi connectivity index (χ1v) is 12.9. The number of carbonyl (C=O) groups is 2. The molecule has 1 N–H and O–H groups in total. The molecule has 2 heterocycles. The molecule has 2 amide bonds. The van der Waals surface area contributed by atoms with Gasteiger partial charge in [0.25, 0.3) is 5.91 Å². The van der Waals surface area contributed by atoms with Crippen LogP contribution in [0.2, 0.25) is 0 Å². The minimum absolute atomic E-state index is 0.0653.